The van der Waals surface area contributed by atoms with Gasteiger partial charge in [0.05, 0.1) is 0 Å². The van der Waals surface area contributed by atoms with Crippen molar-refractivity contribution in [2.24, 2.45) is 0 Å². The molecule has 0 radical (unpaired) electrons. The molecule has 11 heteroatoms. The Morgan fingerprint density at radius 3 is 0.850 bits per heavy atom. The minimum atomic E-state index is -4.69. The zero-order valence-electron chi connectivity index (χ0n) is 14.1. The van der Waals surface area contributed by atoms with Gasteiger partial charge >= 0.3 is 127 Å². The Morgan fingerprint density at radius 2 is 0.750 bits per heavy atom. The maximum atomic E-state index is 10.0. The Morgan fingerprint density at radius 1 is 0.550 bits per heavy atom. The molecule has 6 nitrogen and oxygen atoms in total. The van der Waals surface area contributed by atoms with Gasteiger partial charge in [-0.15, -0.1) is 0 Å². The molecule has 0 rings (SSSR count). The summed E-state index contributed by atoms with van der Waals surface area (Å²) in [6.07, 6.45) is 0. The van der Waals surface area contributed by atoms with E-state index in [0.717, 1.165) is 0 Å². The van der Waals surface area contributed by atoms with Crippen LogP contribution in [0.25, 0.3) is 0 Å². The summed E-state index contributed by atoms with van der Waals surface area (Å²) >= 11 is 0. The Hall–Kier alpha value is 1.06. The van der Waals surface area contributed by atoms with E-state index in [4.69, 9.17) is 12.3 Å². The molecule has 0 amide bonds. The maximum absolute atomic E-state index is 10.0. The molecule has 0 aliphatic carbocycles. The molecule has 0 aromatic heterocycles. The van der Waals surface area contributed by atoms with E-state index >= 15 is 0 Å². The first-order valence-electron chi connectivity index (χ1n) is 6.65. The molecular formula is C9H31O6PSi4. The third kappa shape index (κ3) is 7.89. The van der Waals surface area contributed by atoms with E-state index in [0.29, 0.717) is 0 Å². The van der Waals surface area contributed by atoms with Gasteiger partial charge in [-0.05, 0) is 0 Å². The molecule has 0 heterocycles. The molecule has 0 fully saturated rings. The molecule has 0 aromatic carbocycles. The van der Waals surface area contributed by atoms with Gasteiger partial charge in [0.15, 0.2) is 0 Å². The van der Waals surface area contributed by atoms with Crippen LogP contribution in [0.15, 0.2) is 0 Å². The van der Waals surface area contributed by atoms with E-state index in [1.807, 2.05) is 58.9 Å². The average Bonchev–Trinajstić information content (AvgIpc) is 1.88. The van der Waals surface area contributed by atoms with Gasteiger partial charge < -0.3 is 0 Å². The fraction of sp³-hybridized carbons (Fsp3) is 1.00. The summed E-state index contributed by atoms with van der Waals surface area (Å²) in [7, 11) is -15.2. The number of hydrogen-bond donors (Lipinski definition) is 3. The molecular weight excluding hydrogens is 347 g/mol. The van der Waals surface area contributed by atoms with E-state index in [9.17, 15) is 14.7 Å². The molecule has 0 unspecified atom stereocenters. The Labute approximate surface area is 127 Å². The average molecular weight is 379 g/mol. The van der Waals surface area contributed by atoms with Crippen molar-refractivity contribution in [1.29, 1.82) is 0 Å². The monoisotopic (exact) mass is 378 g/mol. The van der Waals surface area contributed by atoms with Crippen LogP contribution in [0.5, 0.6) is 0 Å². The van der Waals surface area contributed by atoms with Crippen LogP contribution in [0.4, 0.5) is 0 Å². The van der Waals surface area contributed by atoms with Gasteiger partial charge in [-0.2, -0.15) is 0 Å². The van der Waals surface area contributed by atoms with Gasteiger partial charge in [0, 0.05) is 0 Å². The van der Waals surface area contributed by atoms with Crippen molar-refractivity contribution >= 4 is 40.9 Å². The van der Waals surface area contributed by atoms with Gasteiger partial charge in [0.25, 0.3) is 0 Å². The molecule has 20 heavy (non-hydrogen) atoms. The van der Waals surface area contributed by atoms with Crippen molar-refractivity contribution in [3.8, 4) is 0 Å². The standard InChI is InChI=1S/C9H31O6PSi4/c1-17(2,3)13-20(16(10,11)12,14-18(4,5)6)15-19(7,8)9/h10-12,16H,1-9H3. The van der Waals surface area contributed by atoms with E-state index < -0.39 is 40.9 Å². The predicted octanol–water partition coefficient (Wildman–Crippen LogP) is 2.45. The molecule has 0 atom stereocenters. The second-order valence-electron chi connectivity index (χ2n) is 7.83. The predicted molar refractivity (Wildman–Crippen MR) is 94.0 cm³/mol. The molecule has 0 aliphatic heterocycles. The van der Waals surface area contributed by atoms with Crippen LogP contribution < -0.4 is 0 Å². The van der Waals surface area contributed by atoms with Crippen LogP contribution in [-0.4, -0.2) is 48.1 Å². The quantitative estimate of drug-likeness (QED) is 0.466. The molecule has 0 aliphatic rings. The molecule has 0 saturated heterocycles. The second kappa shape index (κ2) is 6.28. The zero-order valence-corrected chi connectivity index (χ0v) is 19.1. The Kier molecular flexibility index (Phi) is 6.61. The summed E-state index contributed by atoms with van der Waals surface area (Å²) in [6.45, 7) is 17.2. The summed E-state index contributed by atoms with van der Waals surface area (Å²) in [5.74, 6) is 0. The minimum absolute atomic E-state index is 1.91. The molecule has 3 N–H and O–H groups in total. The van der Waals surface area contributed by atoms with Crippen molar-refractivity contribution in [1.82, 2.24) is 0 Å². The van der Waals surface area contributed by atoms with Crippen LogP contribution in [0.1, 0.15) is 0 Å². The molecule has 0 spiro atoms. The summed E-state index contributed by atoms with van der Waals surface area (Å²) in [4.78, 5) is 30.1. The van der Waals surface area contributed by atoms with Crippen molar-refractivity contribution in [3.05, 3.63) is 0 Å². The summed E-state index contributed by atoms with van der Waals surface area (Å²) in [6, 6.07) is 0. The summed E-state index contributed by atoms with van der Waals surface area (Å²) in [5, 5.41) is 0. The third-order valence-corrected chi connectivity index (χ3v) is 18.3. The fourth-order valence-corrected chi connectivity index (χ4v) is 26.4. The fourth-order valence-electron chi connectivity index (χ4n) is 1.48. The van der Waals surface area contributed by atoms with Crippen molar-refractivity contribution in [2.75, 3.05) is 0 Å². The molecule has 0 aromatic rings. The van der Waals surface area contributed by atoms with E-state index in [1.54, 1.807) is 0 Å². The Bertz CT molecular complexity index is 286. The van der Waals surface area contributed by atoms with Crippen LogP contribution in [-0.2, 0) is 12.3 Å². The number of rotatable bonds is 7. The van der Waals surface area contributed by atoms with Gasteiger partial charge in [-0.1, -0.05) is 0 Å². The SMILES string of the molecule is C[Si](C)(C)O[Si](O[Si](C)(C)C)(O[Si](C)(C)C)[PH](O)(O)O. The van der Waals surface area contributed by atoms with Gasteiger partial charge in [-0.3, -0.25) is 0 Å². The first kappa shape index (κ1) is 21.1. The summed E-state index contributed by atoms with van der Waals surface area (Å²) in [5.41, 5.74) is 0. The van der Waals surface area contributed by atoms with Crippen LogP contribution in [0, 0.1) is 0 Å². The van der Waals surface area contributed by atoms with Crippen molar-refractivity contribution in [2.45, 2.75) is 58.9 Å². The van der Waals surface area contributed by atoms with Crippen LogP contribution >= 0.6 is 7.49 Å². The second-order valence-corrected chi connectivity index (χ2v) is 29.2. The van der Waals surface area contributed by atoms with Crippen LogP contribution in [0.3, 0.4) is 0 Å². The van der Waals surface area contributed by atoms with Gasteiger partial charge in [0.2, 0.25) is 0 Å². The normalized spacial score (nSPS) is 16.4. The molecule has 0 bridgehead atoms. The third-order valence-electron chi connectivity index (χ3n) is 1.73. The Balaban J connectivity index is 5.78. The topological polar surface area (TPSA) is 88.4 Å². The van der Waals surface area contributed by atoms with Gasteiger partial charge in [-0.25, -0.2) is 0 Å². The number of hydrogen-bond acceptors (Lipinski definition) is 6. The van der Waals surface area contributed by atoms with Crippen molar-refractivity contribution in [3.63, 3.8) is 0 Å². The van der Waals surface area contributed by atoms with Crippen molar-refractivity contribution < 1.29 is 27.0 Å². The molecule has 124 valence electrons. The first-order valence-corrected chi connectivity index (χ1v) is 21.4. The van der Waals surface area contributed by atoms with E-state index in [-0.39, 0.29) is 0 Å². The summed E-state index contributed by atoms with van der Waals surface area (Å²) < 4.78 is 17.9. The van der Waals surface area contributed by atoms with E-state index in [2.05, 4.69) is 0 Å². The molecule has 0 saturated carbocycles. The van der Waals surface area contributed by atoms with Gasteiger partial charge in [0.1, 0.15) is 0 Å². The van der Waals surface area contributed by atoms with Crippen LogP contribution in [0.2, 0.25) is 58.9 Å². The first-order chi connectivity index (χ1) is 8.37. The van der Waals surface area contributed by atoms with E-state index in [1.165, 1.54) is 0 Å². The zero-order chi connectivity index (χ0) is 16.6.